The lowest BCUT2D eigenvalue weighted by atomic mass is 10.4. The van der Waals surface area contributed by atoms with Crippen LogP contribution in [0.5, 0.6) is 0 Å². The van der Waals surface area contributed by atoms with Crippen molar-refractivity contribution in [3.05, 3.63) is 24.0 Å². The molecule has 0 saturated carbocycles. The van der Waals surface area contributed by atoms with Crippen molar-refractivity contribution in [3.63, 3.8) is 0 Å². The fraction of sp³-hybridized carbons (Fsp3) is 0.286. The predicted molar refractivity (Wildman–Crippen MR) is 39.2 cm³/mol. The fourth-order valence-corrected chi connectivity index (χ4v) is 0.424. The maximum absolute atomic E-state index is 10.1. The van der Waals surface area contributed by atoms with Crippen LogP contribution in [0, 0.1) is 0 Å². The molecular formula is C7H11NO2. The molecule has 0 atom stereocenters. The summed E-state index contributed by atoms with van der Waals surface area (Å²) in [6.45, 7) is 3.53. The molecule has 0 radical (unpaired) electrons. The Morgan fingerprint density at radius 1 is 1.60 bits per heavy atom. The minimum atomic E-state index is -0.779. The molecule has 0 bridgehead atoms. The van der Waals surface area contributed by atoms with Crippen molar-refractivity contribution in [1.82, 2.24) is 0 Å². The first kappa shape index (κ1) is 8.75. The van der Waals surface area contributed by atoms with E-state index in [9.17, 15) is 4.79 Å². The molecule has 0 spiro atoms. The lowest BCUT2D eigenvalue weighted by molar-refractivity contribution is 0.187. The number of hydrogen-bond acceptors (Lipinski definition) is 2. The standard InChI is InChI=1S/C7H11NO2/c1-3-4-5-6(2)10-7(8)9/h3-5H,1-2H3,(H2,8,9)/b4-3-,6-5+. The predicted octanol–water partition coefficient (Wildman–Crippen LogP) is 1.56. The van der Waals surface area contributed by atoms with Crippen molar-refractivity contribution < 1.29 is 9.53 Å². The Kier molecular flexibility index (Phi) is 4.04. The van der Waals surface area contributed by atoms with Gasteiger partial charge >= 0.3 is 6.09 Å². The Morgan fingerprint density at radius 3 is 2.60 bits per heavy atom. The van der Waals surface area contributed by atoms with Crippen LogP contribution in [0.3, 0.4) is 0 Å². The molecule has 0 aromatic heterocycles. The number of nitrogens with two attached hydrogens (primary N) is 1. The summed E-state index contributed by atoms with van der Waals surface area (Å²) in [5.74, 6) is 0.491. The second kappa shape index (κ2) is 4.61. The number of carbonyl (C=O) groups excluding carboxylic acids is 1. The van der Waals surface area contributed by atoms with Gasteiger partial charge in [0.05, 0.1) is 0 Å². The van der Waals surface area contributed by atoms with Gasteiger partial charge < -0.3 is 10.5 Å². The zero-order valence-electron chi connectivity index (χ0n) is 6.13. The van der Waals surface area contributed by atoms with Crippen LogP contribution < -0.4 is 5.73 Å². The molecule has 3 heteroatoms. The summed E-state index contributed by atoms with van der Waals surface area (Å²) in [7, 11) is 0. The molecule has 0 aliphatic carbocycles. The van der Waals surface area contributed by atoms with Crippen molar-refractivity contribution in [1.29, 1.82) is 0 Å². The van der Waals surface area contributed by atoms with E-state index >= 15 is 0 Å². The van der Waals surface area contributed by atoms with Gasteiger partial charge in [0.2, 0.25) is 0 Å². The normalized spacial score (nSPS) is 12.0. The van der Waals surface area contributed by atoms with E-state index in [1.807, 2.05) is 13.0 Å². The van der Waals surface area contributed by atoms with Gasteiger partial charge in [0.25, 0.3) is 0 Å². The van der Waals surface area contributed by atoms with E-state index in [0.717, 1.165) is 0 Å². The number of rotatable bonds is 2. The molecule has 0 aliphatic heterocycles. The summed E-state index contributed by atoms with van der Waals surface area (Å²) < 4.78 is 4.50. The number of allylic oxidation sites excluding steroid dienone is 4. The van der Waals surface area contributed by atoms with E-state index < -0.39 is 6.09 Å². The van der Waals surface area contributed by atoms with Gasteiger partial charge in [-0.15, -0.1) is 0 Å². The van der Waals surface area contributed by atoms with Gasteiger partial charge in [-0.25, -0.2) is 4.79 Å². The molecule has 0 aromatic carbocycles. The molecule has 3 nitrogen and oxygen atoms in total. The third-order valence-corrected chi connectivity index (χ3v) is 0.785. The van der Waals surface area contributed by atoms with Gasteiger partial charge in [-0.05, 0) is 19.9 Å². The molecule has 0 saturated heterocycles. The third-order valence-electron chi connectivity index (χ3n) is 0.785. The summed E-state index contributed by atoms with van der Waals surface area (Å²) in [6, 6.07) is 0. The molecule has 56 valence electrons. The van der Waals surface area contributed by atoms with Gasteiger partial charge in [0.15, 0.2) is 0 Å². The van der Waals surface area contributed by atoms with Gasteiger partial charge in [0.1, 0.15) is 5.76 Å². The number of amides is 1. The molecule has 0 unspecified atom stereocenters. The summed E-state index contributed by atoms with van der Waals surface area (Å²) in [5, 5.41) is 0. The molecular weight excluding hydrogens is 130 g/mol. The minimum absolute atomic E-state index is 0.491. The lowest BCUT2D eigenvalue weighted by Crippen LogP contribution is -2.11. The first-order valence-electron chi connectivity index (χ1n) is 2.93. The summed E-state index contributed by atoms with van der Waals surface area (Å²) in [6.07, 6.45) is 4.47. The van der Waals surface area contributed by atoms with E-state index in [2.05, 4.69) is 4.74 Å². The van der Waals surface area contributed by atoms with Crippen LogP contribution in [0.2, 0.25) is 0 Å². The van der Waals surface area contributed by atoms with E-state index in [1.54, 1.807) is 19.1 Å². The van der Waals surface area contributed by atoms with Gasteiger partial charge in [-0.1, -0.05) is 12.2 Å². The summed E-state index contributed by atoms with van der Waals surface area (Å²) >= 11 is 0. The number of ether oxygens (including phenoxy) is 1. The first-order chi connectivity index (χ1) is 4.66. The van der Waals surface area contributed by atoms with Gasteiger partial charge in [-0.3, -0.25) is 0 Å². The molecule has 0 fully saturated rings. The van der Waals surface area contributed by atoms with Crippen LogP contribution >= 0.6 is 0 Å². The molecule has 1 amide bonds. The van der Waals surface area contributed by atoms with Crippen LogP contribution in [0.25, 0.3) is 0 Å². The van der Waals surface area contributed by atoms with Crippen molar-refractivity contribution in [2.45, 2.75) is 13.8 Å². The van der Waals surface area contributed by atoms with Crippen LogP contribution in [-0.2, 0) is 4.74 Å². The lowest BCUT2D eigenvalue weighted by Gasteiger charge is -1.96. The molecule has 2 N–H and O–H groups in total. The molecule has 0 aromatic rings. The SMILES string of the molecule is C/C=C\C=C(/C)OC(N)=O. The number of hydrogen-bond donors (Lipinski definition) is 1. The minimum Gasteiger partial charge on any atom is -0.415 e. The zero-order valence-corrected chi connectivity index (χ0v) is 6.13. The second-order valence-electron chi connectivity index (χ2n) is 1.72. The molecule has 10 heavy (non-hydrogen) atoms. The van der Waals surface area contributed by atoms with Crippen molar-refractivity contribution in [2.75, 3.05) is 0 Å². The highest BCUT2D eigenvalue weighted by Crippen LogP contribution is 1.94. The Bertz CT molecular complexity index is 170. The van der Waals surface area contributed by atoms with Gasteiger partial charge in [0, 0.05) is 0 Å². The second-order valence-corrected chi connectivity index (χ2v) is 1.72. The molecule has 0 heterocycles. The van der Waals surface area contributed by atoms with E-state index in [-0.39, 0.29) is 0 Å². The van der Waals surface area contributed by atoms with Crippen LogP contribution in [-0.4, -0.2) is 6.09 Å². The topological polar surface area (TPSA) is 52.3 Å². The van der Waals surface area contributed by atoms with Crippen molar-refractivity contribution in [2.24, 2.45) is 5.73 Å². The van der Waals surface area contributed by atoms with E-state index in [4.69, 9.17) is 5.73 Å². The quantitative estimate of drug-likeness (QED) is 0.468. The highest BCUT2D eigenvalue weighted by molar-refractivity contribution is 5.65. The molecule has 0 aliphatic rings. The summed E-state index contributed by atoms with van der Waals surface area (Å²) in [4.78, 5) is 10.1. The smallest absolute Gasteiger partial charge is 0.409 e. The summed E-state index contributed by atoms with van der Waals surface area (Å²) in [5.41, 5.74) is 4.74. The van der Waals surface area contributed by atoms with Gasteiger partial charge in [-0.2, -0.15) is 0 Å². The fourth-order valence-electron chi connectivity index (χ4n) is 0.424. The Morgan fingerprint density at radius 2 is 2.20 bits per heavy atom. The Labute approximate surface area is 60.2 Å². The largest absolute Gasteiger partial charge is 0.415 e. The Balaban J connectivity index is 3.82. The number of primary amides is 1. The highest BCUT2D eigenvalue weighted by Gasteiger charge is 1.91. The average molecular weight is 141 g/mol. The highest BCUT2D eigenvalue weighted by atomic mass is 16.5. The Hall–Kier alpha value is -1.25. The van der Waals surface area contributed by atoms with Crippen LogP contribution in [0.15, 0.2) is 24.0 Å². The van der Waals surface area contributed by atoms with Crippen molar-refractivity contribution >= 4 is 6.09 Å². The number of carbonyl (C=O) groups is 1. The van der Waals surface area contributed by atoms with Crippen LogP contribution in [0.1, 0.15) is 13.8 Å². The van der Waals surface area contributed by atoms with Crippen molar-refractivity contribution in [3.8, 4) is 0 Å². The monoisotopic (exact) mass is 141 g/mol. The maximum atomic E-state index is 10.1. The third kappa shape index (κ3) is 4.90. The van der Waals surface area contributed by atoms with E-state index in [0.29, 0.717) is 5.76 Å². The maximum Gasteiger partial charge on any atom is 0.409 e. The zero-order chi connectivity index (χ0) is 7.98. The first-order valence-corrected chi connectivity index (χ1v) is 2.93. The van der Waals surface area contributed by atoms with Crippen LogP contribution in [0.4, 0.5) is 4.79 Å². The average Bonchev–Trinajstić information content (AvgIpc) is 1.82. The molecule has 0 rings (SSSR count). The van der Waals surface area contributed by atoms with E-state index in [1.165, 1.54) is 0 Å².